The highest BCUT2D eigenvalue weighted by molar-refractivity contribution is 5.80. The summed E-state index contributed by atoms with van der Waals surface area (Å²) in [5.74, 6) is -0.253. The van der Waals surface area contributed by atoms with Crippen LogP contribution < -0.4 is 0 Å². The van der Waals surface area contributed by atoms with Gasteiger partial charge in [-0.1, -0.05) is 0 Å². The minimum atomic E-state index is -0.661. The van der Waals surface area contributed by atoms with E-state index in [2.05, 4.69) is 10.2 Å². The van der Waals surface area contributed by atoms with Crippen LogP contribution in [0.3, 0.4) is 0 Å². The standard InChI is InChI=1S/C12H8N4O6/c17-15(18)11-5-3-9(21-11)2-1-7-13-14-8-10-4-6-12(22-10)16(19)20/h1-8H/b2-1+,13-7+,14-8+. The van der Waals surface area contributed by atoms with Gasteiger partial charge in [0.1, 0.15) is 15.6 Å². The van der Waals surface area contributed by atoms with E-state index in [0.29, 0.717) is 5.76 Å². The predicted octanol–water partition coefficient (Wildman–Crippen LogP) is 2.81. The van der Waals surface area contributed by atoms with E-state index >= 15 is 0 Å². The van der Waals surface area contributed by atoms with Gasteiger partial charge in [0.15, 0.2) is 5.76 Å². The monoisotopic (exact) mass is 304 g/mol. The van der Waals surface area contributed by atoms with Gasteiger partial charge in [-0.25, -0.2) is 0 Å². The molecule has 0 aliphatic rings. The summed E-state index contributed by atoms with van der Waals surface area (Å²) in [5.41, 5.74) is 0. The Morgan fingerprint density at radius 3 is 2.09 bits per heavy atom. The highest BCUT2D eigenvalue weighted by atomic mass is 16.7. The van der Waals surface area contributed by atoms with Crippen LogP contribution in [0.25, 0.3) is 6.08 Å². The SMILES string of the molecule is O=[N+]([O-])c1ccc(/C=C/C=N/N=C/c2ccc([N+](=O)[O-])o2)o1. The van der Waals surface area contributed by atoms with Crippen molar-refractivity contribution in [3.63, 3.8) is 0 Å². The van der Waals surface area contributed by atoms with Crippen molar-refractivity contribution < 1.29 is 18.7 Å². The molecule has 10 nitrogen and oxygen atoms in total. The number of hydrogen-bond acceptors (Lipinski definition) is 8. The third-order valence-corrected chi connectivity index (χ3v) is 2.25. The minimum absolute atomic E-state index is 0.189. The fourth-order valence-corrected chi connectivity index (χ4v) is 1.34. The summed E-state index contributed by atoms with van der Waals surface area (Å²) in [6.07, 6.45) is 5.44. The Bertz CT molecular complexity index is 706. The first-order chi connectivity index (χ1) is 10.6. The van der Waals surface area contributed by atoms with Gasteiger partial charge in [-0.3, -0.25) is 20.2 Å². The molecule has 22 heavy (non-hydrogen) atoms. The van der Waals surface area contributed by atoms with Gasteiger partial charge < -0.3 is 8.83 Å². The molecule has 0 N–H and O–H groups in total. The van der Waals surface area contributed by atoms with Crippen LogP contribution in [-0.2, 0) is 0 Å². The molecule has 0 amide bonds. The zero-order chi connectivity index (χ0) is 15.9. The maximum Gasteiger partial charge on any atom is 0.433 e. The van der Waals surface area contributed by atoms with Gasteiger partial charge in [-0.05, 0) is 24.3 Å². The first-order valence-corrected chi connectivity index (χ1v) is 5.78. The molecule has 0 spiro atoms. The molecule has 0 saturated carbocycles. The Labute approximate surface area is 122 Å². The van der Waals surface area contributed by atoms with E-state index in [9.17, 15) is 20.2 Å². The maximum absolute atomic E-state index is 10.4. The number of rotatable bonds is 6. The van der Waals surface area contributed by atoms with Crippen LogP contribution in [0.4, 0.5) is 11.8 Å². The average molecular weight is 304 g/mol. The van der Waals surface area contributed by atoms with Crippen molar-refractivity contribution in [2.24, 2.45) is 10.2 Å². The van der Waals surface area contributed by atoms with Gasteiger partial charge in [0.05, 0.1) is 18.3 Å². The molecule has 0 unspecified atom stereocenters. The first-order valence-electron chi connectivity index (χ1n) is 5.78. The summed E-state index contributed by atoms with van der Waals surface area (Å²) in [6.45, 7) is 0. The maximum atomic E-state index is 10.4. The van der Waals surface area contributed by atoms with Crippen LogP contribution in [-0.4, -0.2) is 22.3 Å². The topological polar surface area (TPSA) is 137 Å². The third kappa shape index (κ3) is 3.96. The van der Waals surface area contributed by atoms with Crippen molar-refractivity contribution in [3.8, 4) is 0 Å². The molecule has 0 aliphatic heterocycles. The van der Waals surface area contributed by atoms with E-state index in [1.807, 2.05) is 0 Å². The summed E-state index contributed by atoms with van der Waals surface area (Å²) >= 11 is 0. The molecule has 2 heterocycles. The zero-order valence-electron chi connectivity index (χ0n) is 10.9. The van der Waals surface area contributed by atoms with Crippen LogP contribution in [0.15, 0.2) is 49.4 Å². The molecule has 2 aromatic heterocycles. The molecule has 0 fully saturated rings. The largest absolute Gasteiger partial charge is 0.433 e. The van der Waals surface area contributed by atoms with Gasteiger partial charge in [0, 0.05) is 6.21 Å². The quantitative estimate of drug-likeness (QED) is 0.457. The molecular formula is C12H8N4O6. The molecule has 0 aliphatic carbocycles. The average Bonchev–Trinajstić information content (AvgIpc) is 3.12. The summed E-state index contributed by atoms with van der Waals surface area (Å²) in [7, 11) is 0. The Morgan fingerprint density at radius 1 is 0.909 bits per heavy atom. The van der Waals surface area contributed by atoms with E-state index < -0.39 is 9.85 Å². The van der Waals surface area contributed by atoms with Crippen molar-refractivity contribution in [3.05, 3.63) is 62.1 Å². The van der Waals surface area contributed by atoms with Crippen molar-refractivity contribution >= 4 is 30.3 Å². The second kappa shape index (κ2) is 6.74. The Balaban J connectivity index is 1.88. The molecule has 2 rings (SSSR count). The smallest absolute Gasteiger partial charge is 0.401 e. The highest BCUT2D eigenvalue weighted by Gasteiger charge is 2.10. The first kappa shape index (κ1) is 14.8. The lowest BCUT2D eigenvalue weighted by atomic mass is 10.4. The summed E-state index contributed by atoms with van der Waals surface area (Å²) in [5, 5.41) is 28.0. The van der Waals surface area contributed by atoms with Crippen molar-refractivity contribution in [2.45, 2.75) is 0 Å². The number of furan rings is 2. The fourth-order valence-electron chi connectivity index (χ4n) is 1.34. The minimum Gasteiger partial charge on any atom is -0.401 e. The van der Waals surface area contributed by atoms with Gasteiger partial charge in [0.2, 0.25) is 0 Å². The number of allylic oxidation sites excluding steroid dienone is 1. The predicted molar refractivity (Wildman–Crippen MR) is 75.8 cm³/mol. The summed E-state index contributed by atoms with van der Waals surface area (Å²) in [4.78, 5) is 19.5. The van der Waals surface area contributed by atoms with Crippen molar-refractivity contribution in [2.75, 3.05) is 0 Å². The second-order valence-corrected chi connectivity index (χ2v) is 3.73. The number of nitro groups is 2. The van der Waals surface area contributed by atoms with Crippen LogP contribution in [0, 0.1) is 20.2 Å². The number of nitrogens with zero attached hydrogens (tertiary/aromatic N) is 4. The van der Waals surface area contributed by atoms with E-state index in [0.717, 1.165) is 0 Å². The molecule has 112 valence electrons. The molecule has 0 atom stereocenters. The highest BCUT2D eigenvalue weighted by Crippen LogP contribution is 2.16. The fraction of sp³-hybridized carbons (Fsp3) is 0. The van der Waals surface area contributed by atoms with Gasteiger partial charge in [-0.15, -0.1) is 0 Å². The Morgan fingerprint density at radius 2 is 1.50 bits per heavy atom. The number of hydrogen-bond donors (Lipinski definition) is 0. The zero-order valence-corrected chi connectivity index (χ0v) is 10.9. The normalized spacial score (nSPS) is 11.8. The van der Waals surface area contributed by atoms with Crippen LogP contribution in [0.5, 0.6) is 0 Å². The second-order valence-electron chi connectivity index (χ2n) is 3.73. The Hall–Kier alpha value is -3.56. The summed E-state index contributed by atoms with van der Waals surface area (Å²) < 4.78 is 9.71. The van der Waals surface area contributed by atoms with E-state index in [1.165, 1.54) is 48.8 Å². The van der Waals surface area contributed by atoms with Crippen molar-refractivity contribution in [1.29, 1.82) is 0 Å². The van der Waals surface area contributed by atoms with Crippen LogP contribution in [0.2, 0.25) is 0 Å². The lowest BCUT2D eigenvalue weighted by molar-refractivity contribution is -0.402. The molecule has 2 aromatic rings. The van der Waals surface area contributed by atoms with Crippen LogP contribution >= 0.6 is 0 Å². The molecule has 0 aromatic carbocycles. The lowest BCUT2D eigenvalue weighted by Gasteiger charge is -1.82. The Kier molecular flexibility index (Phi) is 4.55. The third-order valence-electron chi connectivity index (χ3n) is 2.25. The molecule has 0 saturated heterocycles. The van der Waals surface area contributed by atoms with Gasteiger partial charge >= 0.3 is 11.8 Å². The molecule has 0 bridgehead atoms. The van der Waals surface area contributed by atoms with Crippen LogP contribution in [0.1, 0.15) is 11.5 Å². The molecule has 10 heteroatoms. The lowest BCUT2D eigenvalue weighted by Crippen LogP contribution is -1.83. The van der Waals surface area contributed by atoms with E-state index in [1.54, 1.807) is 0 Å². The van der Waals surface area contributed by atoms with E-state index in [-0.39, 0.29) is 17.5 Å². The molecular weight excluding hydrogens is 296 g/mol. The van der Waals surface area contributed by atoms with Crippen molar-refractivity contribution in [1.82, 2.24) is 0 Å². The summed E-state index contributed by atoms with van der Waals surface area (Å²) in [6, 6.07) is 5.26. The molecule has 0 radical (unpaired) electrons. The van der Waals surface area contributed by atoms with Gasteiger partial charge in [-0.2, -0.15) is 10.2 Å². The van der Waals surface area contributed by atoms with E-state index in [4.69, 9.17) is 8.83 Å². The van der Waals surface area contributed by atoms with Gasteiger partial charge in [0.25, 0.3) is 0 Å².